The molecule has 27 heavy (non-hydrogen) atoms. The molecule has 4 heteroatoms. The fraction of sp³-hybridized carbons (Fsp3) is 0.391. The van der Waals surface area contributed by atoms with Crippen LogP contribution in [0.25, 0.3) is 11.1 Å². The molecule has 2 aromatic carbocycles. The quantitative estimate of drug-likeness (QED) is 0.762. The molecule has 0 N–H and O–H groups in total. The van der Waals surface area contributed by atoms with Crippen molar-refractivity contribution >= 4 is 12.4 Å². The van der Waals surface area contributed by atoms with Crippen LogP contribution in [-0.4, -0.2) is 36.0 Å². The number of nitrogens with zero attached hydrogens (tertiary/aromatic N) is 1. The maximum atomic E-state index is 12.8. The van der Waals surface area contributed by atoms with E-state index in [4.69, 9.17) is 4.74 Å². The Balaban J connectivity index is 1.34. The number of carbonyl (C=O) groups excluding carboxylic acids is 2. The van der Waals surface area contributed by atoms with Crippen molar-refractivity contribution in [3.05, 3.63) is 59.7 Å². The monoisotopic (exact) mass is 361 g/mol. The van der Waals surface area contributed by atoms with E-state index in [1.165, 1.54) is 22.3 Å². The van der Waals surface area contributed by atoms with Gasteiger partial charge < -0.3 is 14.4 Å². The molecule has 2 unspecified atom stereocenters. The van der Waals surface area contributed by atoms with Crippen molar-refractivity contribution in [2.24, 2.45) is 5.92 Å². The highest BCUT2D eigenvalue weighted by atomic mass is 16.6. The largest absolute Gasteiger partial charge is 0.448 e. The Bertz CT molecular complexity index is 833. The summed E-state index contributed by atoms with van der Waals surface area (Å²) in [5, 5.41) is 0. The molecule has 2 aromatic rings. The van der Waals surface area contributed by atoms with Crippen LogP contribution in [-0.2, 0) is 9.53 Å². The summed E-state index contributed by atoms with van der Waals surface area (Å²) < 4.78 is 5.83. The summed E-state index contributed by atoms with van der Waals surface area (Å²) in [5.41, 5.74) is 4.94. The average Bonchev–Trinajstić information content (AvgIpc) is 3.17. The van der Waals surface area contributed by atoms with Gasteiger partial charge in [-0.1, -0.05) is 48.5 Å². The van der Waals surface area contributed by atoms with Gasteiger partial charge in [0.2, 0.25) is 0 Å². The zero-order valence-electron chi connectivity index (χ0n) is 15.2. The predicted octanol–water partition coefficient (Wildman–Crippen LogP) is 4.38. The SMILES string of the molecule is O=CC1CC2CCC(C1)N2C(=O)OCC1c2ccccc2-c2ccccc21. The first-order valence-electron chi connectivity index (χ1n) is 9.85. The van der Waals surface area contributed by atoms with E-state index in [1.54, 1.807) is 0 Å². The summed E-state index contributed by atoms with van der Waals surface area (Å²) in [6.07, 6.45) is 4.38. The first-order valence-corrected chi connectivity index (χ1v) is 9.85. The Morgan fingerprint density at radius 1 is 0.963 bits per heavy atom. The molecule has 2 bridgehead atoms. The minimum Gasteiger partial charge on any atom is -0.448 e. The van der Waals surface area contributed by atoms with Crippen LogP contribution in [0.15, 0.2) is 48.5 Å². The maximum Gasteiger partial charge on any atom is 0.410 e. The summed E-state index contributed by atoms with van der Waals surface area (Å²) in [6.45, 7) is 0.361. The fourth-order valence-electron chi connectivity index (χ4n) is 5.30. The van der Waals surface area contributed by atoms with Crippen LogP contribution in [0.5, 0.6) is 0 Å². The molecule has 2 atom stereocenters. The highest BCUT2D eigenvalue weighted by molar-refractivity contribution is 5.79. The summed E-state index contributed by atoms with van der Waals surface area (Å²) in [4.78, 5) is 25.9. The molecule has 2 aliphatic heterocycles. The second-order valence-corrected chi connectivity index (χ2v) is 7.96. The predicted molar refractivity (Wildman–Crippen MR) is 103 cm³/mol. The number of carbonyl (C=O) groups is 2. The smallest absolute Gasteiger partial charge is 0.410 e. The Hall–Kier alpha value is -2.62. The first kappa shape index (κ1) is 16.5. The lowest BCUT2D eigenvalue weighted by Crippen LogP contribution is -2.47. The zero-order valence-corrected chi connectivity index (χ0v) is 15.2. The molecule has 2 saturated heterocycles. The third-order valence-electron chi connectivity index (χ3n) is 6.51. The minimum atomic E-state index is -0.214. The van der Waals surface area contributed by atoms with Crippen molar-refractivity contribution in [3.63, 3.8) is 0 Å². The number of hydrogen-bond acceptors (Lipinski definition) is 3. The molecule has 138 valence electrons. The van der Waals surface area contributed by atoms with Gasteiger partial charge >= 0.3 is 6.09 Å². The van der Waals surface area contributed by atoms with Gasteiger partial charge in [-0.25, -0.2) is 4.79 Å². The Morgan fingerprint density at radius 3 is 2.07 bits per heavy atom. The van der Waals surface area contributed by atoms with Gasteiger partial charge in [-0.05, 0) is 47.9 Å². The normalized spacial score (nSPS) is 25.8. The number of rotatable bonds is 3. The van der Waals surface area contributed by atoms with Crippen LogP contribution in [0.3, 0.4) is 0 Å². The third kappa shape index (κ3) is 2.66. The van der Waals surface area contributed by atoms with Crippen molar-refractivity contribution in [3.8, 4) is 11.1 Å². The number of fused-ring (bicyclic) bond motifs is 5. The lowest BCUT2D eigenvalue weighted by molar-refractivity contribution is -0.113. The highest BCUT2D eigenvalue weighted by Gasteiger charge is 2.44. The summed E-state index contributed by atoms with van der Waals surface area (Å²) in [7, 11) is 0. The number of amides is 1. The number of benzene rings is 2. The zero-order chi connectivity index (χ0) is 18.4. The van der Waals surface area contributed by atoms with Crippen LogP contribution >= 0.6 is 0 Å². The van der Waals surface area contributed by atoms with Crippen molar-refractivity contribution < 1.29 is 14.3 Å². The van der Waals surface area contributed by atoms with Crippen molar-refractivity contribution in [2.45, 2.75) is 43.7 Å². The molecule has 0 aromatic heterocycles. The number of piperidine rings is 1. The molecule has 4 nitrogen and oxygen atoms in total. The summed E-state index contributed by atoms with van der Waals surface area (Å²) in [6, 6.07) is 17.1. The molecule has 0 spiro atoms. The van der Waals surface area contributed by atoms with E-state index in [9.17, 15) is 9.59 Å². The standard InChI is InChI=1S/C23H23NO3/c25-13-15-11-16-9-10-17(12-15)24(16)23(26)27-14-22-20-7-3-1-5-18(20)19-6-2-4-8-21(19)22/h1-8,13,15-17,22H,9-12,14H2. The molecule has 3 aliphatic rings. The van der Waals surface area contributed by atoms with Crippen LogP contribution in [0, 0.1) is 5.92 Å². The molecular weight excluding hydrogens is 338 g/mol. The van der Waals surface area contributed by atoms with E-state index in [2.05, 4.69) is 36.4 Å². The van der Waals surface area contributed by atoms with Gasteiger partial charge in [-0.2, -0.15) is 0 Å². The van der Waals surface area contributed by atoms with E-state index >= 15 is 0 Å². The van der Waals surface area contributed by atoms with Gasteiger partial charge in [-0.3, -0.25) is 0 Å². The molecule has 5 rings (SSSR count). The third-order valence-corrected chi connectivity index (χ3v) is 6.51. The lowest BCUT2D eigenvalue weighted by atomic mass is 9.92. The Kier molecular flexibility index (Phi) is 4.00. The second-order valence-electron chi connectivity index (χ2n) is 7.96. The van der Waals surface area contributed by atoms with Gasteiger partial charge in [0.1, 0.15) is 12.9 Å². The number of ether oxygens (including phenoxy) is 1. The van der Waals surface area contributed by atoms with Crippen molar-refractivity contribution in [2.75, 3.05) is 6.61 Å². The van der Waals surface area contributed by atoms with Crippen LogP contribution in [0.4, 0.5) is 4.79 Å². The second kappa shape index (κ2) is 6.52. The highest BCUT2D eigenvalue weighted by Crippen LogP contribution is 2.45. The molecular formula is C23H23NO3. The van der Waals surface area contributed by atoms with Gasteiger partial charge in [0.25, 0.3) is 0 Å². The van der Waals surface area contributed by atoms with Gasteiger partial charge in [0.15, 0.2) is 0 Å². The molecule has 0 radical (unpaired) electrons. The topological polar surface area (TPSA) is 46.6 Å². The minimum absolute atomic E-state index is 0.0894. The molecule has 2 fully saturated rings. The fourth-order valence-corrected chi connectivity index (χ4v) is 5.30. The van der Waals surface area contributed by atoms with Crippen molar-refractivity contribution in [1.29, 1.82) is 0 Å². The van der Waals surface area contributed by atoms with E-state index in [0.29, 0.717) is 6.61 Å². The van der Waals surface area contributed by atoms with E-state index in [-0.39, 0.29) is 30.0 Å². The molecule has 2 heterocycles. The number of aldehydes is 1. The number of hydrogen-bond donors (Lipinski definition) is 0. The lowest BCUT2D eigenvalue weighted by Gasteiger charge is -2.36. The van der Waals surface area contributed by atoms with Crippen LogP contribution < -0.4 is 0 Å². The van der Waals surface area contributed by atoms with Crippen LogP contribution in [0.2, 0.25) is 0 Å². The molecule has 0 saturated carbocycles. The molecule has 1 aliphatic carbocycles. The first-order chi connectivity index (χ1) is 13.3. The summed E-state index contributed by atoms with van der Waals surface area (Å²) >= 11 is 0. The van der Waals surface area contributed by atoms with Gasteiger partial charge in [0.05, 0.1) is 0 Å². The van der Waals surface area contributed by atoms with Crippen molar-refractivity contribution in [1.82, 2.24) is 4.90 Å². The van der Waals surface area contributed by atoms with Crippen LogP contribution in [0.1, 0.15) is 42.7 Å². The molecule has 1 amide bonds. The van der Waals surface area contributed by atoms with E-state index < -0.39 is 0 Å². The van der Waals surface area contributed by atoms with Gasteiger partial charge in [0, 0.05) is 23.9 Å². The Labute approximate surface area is 159 Å². The van der Waals surface area contributed by atoms with E-state index in [1.807, 2.05) is 17.0 Å². The average molecular weight is 361 g/mol. The van der Waals surface area contributed by atoms with E-state index in [0.717, 1.165) is 32.0 Å². The Morgan fingerprint density at radius 2 is 1.52 bits per heavy atom. The maximum absolute atomic E-state index is 12.8. The van der Waals surface area contributed by atoms with Gasteiger partial charge in [-0.15, -0.1) is 0 Å². The summed E-state index contributed by atoms with van der Waals surface area (Å²) in [5.74, 6) is 0.187.